The van der Waals surface area contributed by atoms with Crippen molar-refractivity contribution in [3.05, 3.63) is 17.2 Å². The van der Waals surface area contributed by atoms with Crippen LogP contribution in [-0.2, 0) is 0 Å². The van der Waals surface area contributed by atoms with Gasteiger partial charge in [0, 0.05) is 28.6 Å². The normalized spacial score (nSPS) is 28.0. The first kappa shape index (κ1) is 6.26. The quantitative estimate of drug-likeness (QED) is 0.518. The van der Waals surface area contributed by atoms with Gasteiger partial charge in [-0.05, 0) is 6.20 Å². The van der Waals surface area contributed by atoms with Gasteiger partial charge in [0.1, 0.15) is 0 Å². The molecule has 0 radical (unpaired) electrons. The van der Waals surface area contributed by atoms with Crippen LogP contribution in [0.1, 0.15) is 12.8 Å². The van der Waals surface area contributed by atoms with E-state index in [1.54, 1.807) is 6.08 Å². The van der Waals surface area contributed by atoms with Crippen LogP contribution in [0.3, 0.4) is 0 Å². The molecule has 2 N–H and O–H groups in total. The van der Waals surface area contributed by atoms with Crippen molar-refractivity contribution in [2.24, 2.45) is 5.73 Å². The summed E-state index contributed by atoms with van der Waals surface area (Å²) in [6.07, 6.45) is 5.15. The molecule has 9 heavy (non-hydrogen) atoms. The smallest absolute Gasteiger partial charge is 0.221 e. The van der Waals surface area contributed by atoms with Crippen LogP contribution in [-0.4, -0.2) is 17.3 Å². The first-order chi connectivity index (χ1) is 4.34. The number of hydrogen-bond donors (Lipinski definition) is 1. The molecule has 0 aromatic carbocycles. The lowest BCUT2D eigenvalue weighted by Gasteiger charge is -1.88. The Labute approximate surface area is 54.1 Å². The minimum absolute atomic E-state index is 0.0509. The molecule has 0 aromatic rings. The second kappa shape index (κ2) is 2.62. The molecule has 50 valence electrons. The topological polar surface area (TPSA) is 46.1 Å². The summed E-state index contributed by atoms with van der Waals surface area (Å²) in [6.45, 7) is 0.662. The molecule has 0 spiro atoms. The van der Waals surface area contributed by atoms with Crippen molar-refractivity contribution in [3.8, 4) is 0 Å². The van der Waals surface area contributed by atoms with Gasteiger partial charge in [-0.3, -0.25) is 0 Å². The van der Waals surface area contributed by atoms with Crippen molar-refractivity contribution in [2.45, 2.75) is 18.9 Å². The van der Waals surface area contributed by atoms with Crippen molar-refractivity contribution in [3.63, 3.8) is 0 Å². The van der Waals surface area contributed by atoms with Crippen LogP contribution in [0.25, 0.3) is 0 Å². The molecule has 1 heterocycles. The summed E-state index contributed by atoms with van der Waals surface area (Å²) in [4.78, 5) is 10.8. The molecule has 3 heteroatoms. The van der Waals surface area contributed by atoms with Crippen molar-refractivity contribution < 1.29 is 4.76 Å². The average molecular weight is 127 g/mol. The molecule has 1 aliphatic rings. The number of hydrogen-bond acceptors (Lipinski definition) is 2. The Morgan fingerprint density at radius 1 is 1.67 bits per heavy atom. The van der Waals surface area contributed by atoms with Gasteiger partial charge in [-0.15, -0.1) is 0 Å². The van der Waals surface area contributed by atoms with E-state index in [0.29, 0.717) is 6.54 Å². The van der Waals surface area contributed by atoms with E-state index < -0.39 is 0 Å². The van der Waals surface area contributed by atoms with Gasteiger partial charge >= 0.3 is 0 Å². The molecule has 1 aliphatic heterocycles. The molecule has 1 fully saturated rings. The van der Waals surface area contributed by atoms with E-state index in [0.717, 1.165) is 17.6 Å². The third-order valence-electron chi connectivity index (χ3n) is 1.58. The van der Waals surface area contributed by atoms with Gasteiger partial charge in [0.15, 0.2) is 6.54 Å². The third-order valence-corrected chi connectivity index (χ3v) is 1.58. The largest absolute Gasteiger partial charge is 0.405 e. The minimum Gasteiger partial charge on any atom is -0.405 e. The molecule has 1 saturated heterocycles. The SMILES string of the molecule is NC=CC1CCC[N+]1=O. The molecule has 3 nitrogen and oxygen atoms in total. The summed E-state index contributed by atoms with van der Waals surface area (Å²) >= 11 is 0. The third kappa shape index (κ3) is 1.28. The molecule has 0 aliphatic carbocycles. The highest BCUT2D eigenvalue weighted by Gasteiger charge is 2.28. The van der Waals surface area contributed by atoms with Crippen molar-refractivity contribution >= 4 is 0 Å². The van der Waals surface area contributed by atoms with E-state index in [1.807, 2.05) is 0 Å². The van der Waals surface area contributed by atoms with Crippen LogP contribution < -0.4 is 5.73 Å². The summed E-state index contributed by atoms with van der Waals surface area (Å²) in [5.41, 5.74) is 5.12. The van der Waals surface area contributed by atoms with E-state index in [1.165, 1.54) is 6.20 Å². The second-order valence-corrected chi connectivity index (χ2v) is 2.24. The maximum Gasteiger partial charge on any atom is 0.221 e. The van der Waals surface area contributed by atoms with Crippen LogP contribution in [0.4, 0.5) is 0 Å². The molecule has 0 amide bonds. The van der Waals surface area contributed by atoms with Gasteiger partial charge < -0.3 is 5.73 Å². The number of rotatable bonds is 1. The van der Waals surface area contributed by atoms with E-state index in [2.05, 4.69) is 0 Å². The van der Waals surface area contributed by atoms with Crippen LogP contribution in [0.5, 0.6) is 0 Å². The molecule has 1 unspecified atom stereocenters. The second-order valence-electron chi connectivity index (χ2n) is 2.24. The maximum absolute atomic E-state index is 10.8. The van der Waals surface area contributed by atoms with E-state index in [4.69, 9.17) is 5.73 Å². The highest BCUT2D eigenvalue weighted by Crippen LogP contribution is 2.11. The monoisotopic (exact) mass is 127 g/mol. The number of nitrogens with two attached hydrogens (primary N) is 1. The Morgan fingerprint density at radius 2 is 2.44 bits per heavy atom. The zero-order chi connectivity index (χ0) is 6.69. The Kier molecular flexibility index (Phi) is 1.82. The number of nitroso groups, excluding NO2 is 1. The van der Waals surface area contributed by atoms with Gasteiger partial charge in [0.2, 0.25) is 6.04 Å². The van der Waals surface area contributed by atoms with Crippen LogP contribution in [0.2, 0.25) is 0 Å². The van der Waals surface area contributed by atoms with Crippen molar-refractivity contribution in [1.29, 1.82) is 0 Å². The molecule has 1 rings (SSSR count). The fourth-order valence-electron chi connectivity index (χ4n) is 1.09. The molecule has 1 atom stereocenters. The zero-order valence-corrected chi connectivity index (χ0v) is 5.29. The minimum atomic E-state index is 0.0509. The highest BCUT2D eigenvalue weighted by atomic mass is 16.3. The Hall–Kier alpha value is -0.860. The summed E-state index contributed by atoms with van der Waals surface area (Å²) in [7, 11) is 0. The predicted molar refractivity (Wildman–Crippen MR) is 34.8 cm³/mol. The lowest BCUT2D eigenvalue weighted by molar-refractivity contribution is -0.553. The van der Waals surface area contributed by atoms with Crippen LogP contribution >= 0.6 is 0 Å². The predicted octanol–water partition coefficient (Wildman–Crippen LogP) is 0.400. The lowest BCUT2D eigenvalue weighted by Crippen LogP contribution is -2.13. The fraction of sp³-hybridized carbons (Fsp3) is 0.667. The fourth-order valence-corrected chi connectivity index (χ4v) is 1.09. The van der Waals surface area contributed by atoms with Crippen LogP contribution in [0, 0.1) is 4.91 Å². The van der Waals surface area contributed by atoms with Gasteiger partial charge in [-0.2, -0.15) is 0 Å². The van der Waals surface area contributed by atoms with E-state index >= 15 is 0 Å². The average Bonchev–Trinajstić information content (AvgIpc) is 2.18. The Balaban J connectivity index is 2.49. The standard InChI is InChI=1S/C6H11N2O/c7-4-3-6-2-1-5-8(6)9/h3-4,6H,1-2,5,7H2/q+1. The van der Waals surface area contributed by atoms with E-state index in [9.17, 15) is 4.91 Å². The van der Waals surface area contributed by atoms with Crippen molar-refractivity contribution in [1.82, 2.24) is 0 Å². The highest BCUT2D eigenvalue weighted by molar-refractivity contribution is 4.86. The van der Waals surface area contributed by atoms with Crippen molar-refractivity contribution in [2.75, 3.05) is 6.54 Å². The first-order valence-corrected chi connectivity index (χ1v) is 3.17. The molecular formula is C6H11N2O+. The summed E-state index contributed by atoms with van der Waals surface area (Å²) < 4.78 is 1.07. The lowest BCUT2D eigenvalue weighted by atomic mass is 10.2. The molecule has 0 saturated carbocycles. The van der Waals surface area contributed by atoms with Gasteiger partial charge in [0.05, 0.1) is 0 Å². The zero-order valence-electron chi connectivity index (χ0n) is 5.29. The van der Waals surface area contributed by atoms with Gasteiger partial charge in [-0.25, -0.2) is 0 Å². The first-order valence-electron chi connectivity index (χ1n) is 3.17. The van der Waals surface area contributed by atoms with Crippen LogP contribution in [0.15, 0.2) is 12.3 Å². The Bertz CT molecular complexity index is 142. The molecule has 0 bridgehead atoms. The summed E-state index contributed by atoms with van der Waals surface area (Å²) in [5, 5.41) is 0. The summed E-state index contributed by atoms with van der Waals surface area (Å²) in [6, 6.07) is 0.0509. The Morgan fingerprint density at radius 3 is 2.89 bits per heavy atom. The summed E-state index contributed by atoms with van der Waals surface area (Å²) in [5.74, 6) is 0. The molecular weight excluding hydrogens is 116 g/mol. The number of nitrogens with zero attached hydrogens (tertiary/aromatic N) is 1. The van der Waals surface area contributed by atoms with Gasteiger partial charge in [0.25, 0.3) is 0 Å². The van der Waals surface area contributed by atoms with Gasteiger partial charge in [-0.1, -0.05) is 0 Å². The maximum atomic E-state index is 10.8. The van der Waals surface area contributed by atoms with E-state index in [-0.39, 0.29) is 6.04 Å². The molecule has 0 aromatic heterocycles.